The Labute approximate surface area is 128 Å². The summed E-state index contributed by atoms with van der Waals surface area (Å²) >= 11 is 5.91. The summed E-state index contributed by atoms with van der Waals surface area (Å²) in [7, 11) is 1.51. The van der Waals surface area contributed by atoms with Crippen LogP contribution < -0.4 is 10.1 Å². The summed E-state index contributed by atoms with van der Waals surface area (Å²) in [6, 6.07) is 12.3. The Hall–Kier alpha value is -2.04. The number of aliphatic hydroxyl groups excluding tert-OH is 1. The van der Waals surface area contributed by atoms with Gasteiger partial charge in [-0.1, -0.05) is 35.9 Å². The van der Waals surface area contributed by atoms with E-state index in [1.54, 1.807) is 18.2 Å². The minimum absolute atomic E-state index is 0.00630. The second-order valence-electron chi connectivity index (χ2n) is 4.50. The molecule has 0 unspecified atom stereocenters. The van der Waals surface area contributed by atoms with Gasteiger partial charge in [0, 0.05) is 11.6 Å². The van der Waals surface area contributed by atoms with E-state index < -0.39 is 0 Å². The van der Waals surface area contributed by atoms with Crippen molar-refractivity contribution < 1.29 is 14.6 Å². The summed E-state index contributed by atoms with van der Waals surface area (Å²) in [5, 5.41) is 12.3. The number of nitrogens with one attached hydrogen (secondary N) is 1. The predicted molar refractivity (Wildman–Crippen MR) is 81.5 cm³/mol. The van der Waals surface area contributed by atoms with Crippen LogP contribution in [0.25, 0.3) is 0 Å². The number of ether oxygens (including phenoxy) is 1. The van der Waals surface area contributed by atoms with Gasteiger partial charge in [0.15, 0.2) is 0 Å². The number of benzene rings is 2. The average molecular weight is 306 g/mol. The molecular formula is C16H16ClNO3. The lowest BCUT2D eigenvalue weighted by atomic mass is 10.1. The molecular weight excluding hydrogens is 290 g/mol. The highest BCUT2D eigenvalue weighted by Crippen LogP contribution is 2.22. The van der Waals surface area contributed by atoms with Crippen LogP contribution >= 0.6 is 11.6 Å². The van der Waals surface area contributed by atoms with Crippen molar-refractivity contribution in [2.45, 2.75) is 13.2 Å². The summed E-state index contributed by atoms with van der Waals surface area (Å²) < 4.78 is 5.16. The van der Waals surface area contributed by atoms with Gasteiger partial charge in [0.2, 0.25) is 0 Å². The maximum Gasteiger partial charge on any atom is 0.255 e. The third-order valence-electron chi connectivity index (χ3n) is 3.06. The van der Waals surface area contributed by atoms with Crippen molar-refractivity contribution in [3.05, 3.63) is 64.2 Å². The standard InChI is InChI=1S/C16H16ClNO3/c1-21-15-7-6-13(17)8-14(15)16(20)18-9-11-2-4-12(10-19)5-3-11/h2-8,19H,9-10H2,1H3,(H,18,20). The molecule has 0 aliphatic heterocycles. The van der Waals surface area contributed by atoms with E-state index in [9.17, 15) is 4.79 Å². The molecule has 4 nitrogen and oxygen atoms in total. The van der Waals surface area contributed by atoms with E-state index in [0.29, 0.717) is 22.9 Å². The Morgan fingerprint density at radius 3 is 2.48 bits per heavy atom. The fourth-order valence-electron chi connectivity index (χ4n) is 1.90. The SMILES string of the molecule is COc1ccc(Cl)cc1C(=O)NCc1ccc(CO)cc1. The second kappa shape index (κ2) is 7.11. The fraction of sp³-hybridized carbons (Fsp3) is 0.188. The van der Waals surface area contributed by atoms with Crippen LogP contribution in [0.15, 0.2) is 42.5 Å². The highest BCUT2D eigenvalue weighted by Gasteiger charge is 2.12. The summed E-state index contributed by atoms with van der Waals surface area (Å²) in [5.41, 5.74) is 2.18. The zero-order valence-electron chi connectivity index (χ0n) is 11.6. The van der Waals surface area contributed by atoms with Crippen LogP contribution in [-0.4, -0.2) is 18.1 Å². The van der Waals surface area contributed by atoms with Crippen LogP contribution in [-0.2, 0) is 13.2 Å². The molecule has 0 saturated carbocycles. The van der Waals surface area contributed by atoms with E-state index in [1.807, 2.05) is 24.3 Å². The Morgan fingerprint density at radius 1 is 1.19 bits per heavy atom. The third kappa shape index (κ3) is 3.97. The maximum absolute atomic E-state index is 12.2. The van der Waals surface area contributed by atoms with Gasteiger partial charge >= 0.3 is 0 Å². The quantitative estimate of drug-likeness (QED) is 0.893. The minimum Gasteiger partial charge on any atom is -0.496 e. The highest BCUT2D eigenvalue weighted by molar-refractivity contribution is 6.31. The number of rotatable bonds is 5. The molecule has 2 rings (SSSR count). The molecule has 110 valence electrons. The molecule has 5 heteroatoms. The van der Waals surface area contributed by atoms with E-state index in [2.05, 4.69) is 5.32 Å². The lowest BCUT2D eigenvalue weighted by Gasteiger charge is -2.10. The van der Waals surface area contributed by atoms with Crippen LogP contribution in [0.5, 0.6) is 5.75 Å². The van der Waals surface area contributed by atoms with E-state index in [0.717, 1.165) is 11.1 Å². The van der Waals surface area contributed by atoms with Gasteiger partial charge in [0.05, 0.1) is 19.3 Å². The van der Waals surface area contributed by atoms with Crippen molar-refractivity contribution in [3.63, 3.8) is 0 Å². The minimum atomic E-state index is -0.249. The molecule has 0 aliphatic carbocycles. The molecule has 2 N–H and O–H groups in total. The monoisotopic (exact) mass is 305 g/mol. The van der Waals surface area contributed by atoms with Crippen LogP contribution in [0.4, 0.5) is 0 Å². The number of halogens is 1. The molecule has 0 aliphatic rings. The lowest BCUT2D eigenvalue weighted by molar-refractivity contribution is 0.0948. The third-order valence-corrected chi connectivity index (χ3v) is 3.30. The number of aliphatic hydroxyl groups is 1. The molecule has 2 aromatic carbocycles. The molecule has 2 aromatic rings. The van der Waals surface area contributed by atoms with Crippen molar-refractivity contribution in [2.24, 2.45) is 0 Å². The van der Waals surface area contributed by atoms with Gasteiger partial charge in [-0.25, -0.2) is 0 Å². The second-order valence-corrected chi connectivity index (χ2v) is 4.94. The first kappa shape index (κ1) is 15.4. The largest absolute Gasteiger partial charge is 0.496 e. The first-order valence-corrected chi connectivity index (χ1v) is 6.82. The van der Waals surface area contributed by atoms with E-state index in [-0.39, 0.29) is 12.5 Å². The zero-order valence-corrected chi connectivity index (χ0v) is 12.4. The number of hydrogen-bond donors (Lipinski definition) is 2. The molecule has 0 aromatic heterocycles. The van der Waals surface area contributed by atoms with E-state index in [1.165, 1.54) is 7.11 Å². The summed E-state index contributed by atoms with van der Waals surface area (Å²) in [5.74, 6) is 0.230. The Bertz CT molecular complexity index is 626. The highest BCUT2D eigenvalue weighted by atomic mass is 35.5. The molecule has 0 radical (unpaired) electrons. The first-order valence-electron chi connectivity index (χ1n) is 6.44. The molecule has 0 heterocycles. The van der Waals surface area contributed by atoms with Crippen molar-refractivity contribution in [2.75, 3.05) is 7.11 Å². The summed E-state index contributed by atoms with van der Waals surface area (Å²) in [4.78, 5) is 12.2. The van der Waals surface area contributed by atoms with Crippen molar-refractivity contribution >= 4 is 17.5 Å². The predicted octanol–water partition coefficient (Wildman–Crippen LogP) is 2.77. The van der Waals surface area contributed by atoms with Crippen LogP contribution in [0.1, 0.15) is 21.5 Å². The van der Waals surface area contributed by atoms with Crippen molar-refractivity contribution in [1.82, 2.24) is 5.32 Å². The molecule has 0 saturated heterocycles. The van der Waals surface area contributed by atoms with Gasteiger partial charge in [-0.3, -0.25) is 4.79 Å². The number of carbonyl (C=O) groups is 1. The van der Waals surface area contributed by atoms with Gasteiger partial charge in [-0.15, -0.1) is 0 Å². The van der Waals surface area contributed by atoms with Crippen molar-refractivity contribution in [1.29, 1.82) is 0 Å². The molecule has 0 spiro atoms. The Kier molecular flexibility index (Phi) is 5.20. The zero-order chi connectivity index (χ0) is 15.2. The number of hydrogen-bond acceptors (Lipinski definition) is 3. The summed E-state index contributed by atoms with van der Waals surface area (Å²) in [6.45, 7) is 0.395. The van der Waals surface area contributed by atoms with Gasteiger partial charge in [0.1, 0.15) is 5.75 Å². The van der Waals surface area contributed by atoms with Crippen LogP contribution in [0.2, 0.25) is 5.02 Å². The normalized spacial score (nSPS) is 10.2. The number of amides is 1. The number of carbonyl (C=O) groups excluding carboxylic acids is 1. The van der Waals surface area contributed by atoms with Gasteiger partial charge in [0.25, 0.3) is 5.91 Å². The molecule has 0 atom stereocenters. The lowest BCUT2D eigenvalue weighted by Crippen LogP contribution is -2.23. The first-order chi connectivity index (χ1) is 10.1. The molecule has 0 fully saturated rings. The van der Waals surface area contributed by atoms with Gasteiger partial charge < -0.3 is 15.2 Å². The summed E-state index contributed by atoms with van der Waals surface area (Å²) in [6.07, 6.45) is 0. The Morgan fingerprint density at radius 2 is 1.86 bits per heavy atom. The van der Waals surface area contributed by atoms with Crippen LogP contribution in [0, 0.1) is 0 Å². The van der Waals surface area contributed by atoms with Crippen molar-refractivity contribution in [3.8, 4) is 5.75 Å². The maximum atomic E-state index is 12.2. The number of methoxy groups -OCH3 is 1. The average Bonchev–Trinajstić information content (AvgIpc) is 2.53. The topological polar surface area (TPSA) is 58.6 Å². The van der Waals surface area contributed by atoms with E-state index in [4.69, 9.17) is 21.4 Å². The molecule has 21 heavy (non-hydrogen) atoms. The molecule has 0 bridgehead atoms. The van der Waals surface area contributed by atoms with Gasteiger partial charge in [-0.05, 0) is 29.3 Å². The molecule has 1 amide bonds. The fourth-order valence-corrected chi connectivity index (χ4v) is 2.07. The van der Waals surface area contributed by atoms with Crippen LogP contribution in [0.3, 0.4) is 0 Å². The Balaban J connectivity index is 2.05. The smallest absolute Gasteiger partial charge is 0.255 e. The van der Waals surface area contributed by atoms with Gasteiger partial charge in [-0.2, -0.15) is 0 Å². The van der Waals surface area contributed by atoms with E-state index >= 15 is 0 Å².